The molecule has 5 nitrogen and oxygen atoms in total. The minimum absolute atomic E-state index is 0.137. The summed E-state index contributed by atoms with van der Waals surface area (Å²) in [4.78, 5) is 29.0. The van der Waals surface area contributed by atoms with E-state index in [9.17, 15) is 9.59 Å². The van der Waals surface area contributed by atoms with Crippen LogP contribution in [0.15, 0.2) is 24.3 Å². The number of carbonyl (C=O) groups excluding carboxylic acids is 2. The number of rotatable bonds is 4. The van der Waals surface area contributed by atoms with E-state index in [1.807, 2.05) is 35.8 Å². The molecule has 0 aliphatic carbocycles. The number of ether oxygens (including phenoxy) is 1. The molecule has 0 aromatic heterocycles. The molecule has 5 heteroatoms. The molecular formula is C19H26N2O3. The summed E-state index contributed by atoms with van der Waals surface area (Å²) in [6.07, 6.45) is 2.68. The molecule has 2 aliphatic rings. The van der Waals surface area contributed by atoms with Gasteiger partial charge in [-0.25, -0.2) is 0 Å². The molecular weight excluding hydrogens is 304 g/mol. The van der Waals surface area contributed by atoms with Crippen LogP contribution >= 0.6 is 0 Å². The average Bonchev–Trinajstić information content (AvgIpc) is 3.07. The number of esters is 1. The van der Waals surface area contributed by atoms with Crippen LogP contribution in [0.4, 0.5) is 0 Å². The Morgan fingerprint density at radius 3 is 2.50 bits per heavy atom. The van der Waals surface area contributed by atoms with Crippen LogP contribution in [0.25, 0.3) is 0 Å². The number of nitrogens with zero attached hydrogens (tertiary/aromatic N) is 2. The molecule has 24 heavy (non-hydrogen) atoms. The number of hydrogen-bond donors (Lipinski definition) is 0. The van der Waals surface area contributed by atoms with E-state index in [-0.39, 0.29) is 30.6 Å². The van der Waals surface area contributed by atoms with E-state index in [0.29, 0.717) is 13.0 Å². The van der Waals surface area contributed by atoms with Crippen molar-refractivity contribution in [3.8, 4) is 0 Å². The molecule has 1 saturated heterocycles. The Morgan fingerprint density at radius 1 is 1.17 bits per heavy atom. The molecule has 0 N–H and O–H groups in total. The molecule has 1 aromatic rings. The van der Waals surface area contributed by atoms with Gasteiger partial charge in [0.25, 0.3) is 0 Å². The van der Waals surface area contributed by atoms with Gasteiger partial charge in [-0.1, -0.05) is 24.3 Å². The highest BCUT2D eigenvalue weighted by Gasteiger charge is 2.36. The van der Waals surface area contributed by atoms with Crippen LogP contribution in [0.5, 0.6) is 0 Å². The zero-order valence-corrected chi connectivity index (χ0v) is 14.5. The number of amides is 1. The normalized spacial score (nSPS) is 21.0. The van der Waals surface area contributed by atoms with Crippen LogP contribution in [0.2, 0.25) is 0 Å². The van der Waals surface area contributed by atoms with Crippen molar-refractivity contribution in [2.24, 2.45) is 0 Å². The fourth-order valence-corrected chi connectivity index (χ4v) is 3.60. The van der Waals surface area contributed by atoms with Crippen molar-refractivity contribution in [2.45, 2.75) is 51.8 Å². The molecule has 1 fully saturated rings. The minimum atomic E-state index is -0.266. The first-order valence-electron chi connectivity index (χ1n) is 8.83. The third-order valence-electron chi connectivity index (χ3n) is 4.75. The second kappa shape index (κ2) is 7.34. The van der Waals surface area contributed by atoms with E-state index in [1.165, 1.54) is 11.1 Å². The molecule has 0 spiro atoms. The van der Waals surface area contributed by atoms with Gasteiger partial charge in [0.05, 0.1) is 18.7 Å². The monoisotopic (exact) mass is 330 g/mol. The number of carbonyl (C=O) groups is 2. The van der Waals surface area contributed by atoms with E-state index in [1.54, 1.807) is 0 Å². The lowest BCUT2D eigenvalue weighted by atomic mass is 9.93. The number of likely N-dealkylation sites (tertiary alicyclic amines) is 1. The highest BCUT2D eigenvalue weighted by atomic mass is 16.5. The van der Waals surface area contributed by atoms with Gasteiger partial charge in [-0.2, -0.15) is 0 Å². The van der Waals surface area contributed by atoms with Crippen LogP contribution in [-0.2, 0) is 27.3 Å². The van der Waals surface area contributed by atoms with Crippen LogP contribution in [0.1, 0.15) is 37.8 Å². The van der Waals surface area contributed by atoms with Gasteiger partial charge in [-0.3, -0.25) is 14.5 Å². The highest BCUT2D eigenvalue weighted by molar-refractivity contribution is 5.84. The Hall–Kier alpha value is -1.88. The summed E-state index contributed by atoms with van der Waals surface area (Å²) in [5, 5.41) is 0. The first kappa shape index (κ1) is 17.0. The fourth-order valence-electron chi connectivity index (χ4n) is 3.60. The number of fused-ring (bicyclic) bond motifs is 1. The van der Waals surface area contributed by atoms with Gasteiger partial charge in [0, 0.05) is 19.6 Å². The summed E-state index contributed by atoms with van der Waals surface area (Å²) in [7, 11) is 0. The lowest BCUT2D eigenvalue weighted by molar-refractivity contribution is -0.151. The van der Waals surface area contributed by atoms with Crippen molar-refractivity contribution in [1.29, 1.82) is 0 Å². The highest BCUT2D eigenvalue weighted by Crippen LogP contribution is 2.25. The maximum atomic E-state index is 13.0. The van der Waals surface area contributed by atoms with Crippen molar-refractivity contribution in [3.05, 3.63) is 35.4 Å². The second-order valence-electron chi connectivity index (χ2n) is 6.96. The zero-order valence-electron chi connectivity index (χ0n) is 14.5. The Balaban J connectivity index is 1.79. The molecule has 0 radical (unpaired) electrons. The number of benzene rings is 1. The summed E-state index contributed by atoms with van der Waals surface area (Å²) < 4.78 is 5.29. The van der Waals surface area contributed by atoms with Crippen LogP contribution < -0.4 is 0 Å². The third kappa shape index (κ3) is 3.78. The first-order valence-corrected chi connectivity index (χ1v) is 8.83. The van der Waals surface area contributed by atoms with Crippen molar-refractivity contribution < 1.29 is 14.3 Å². The summed E-state index contributed by atoms with van der Waals surface area (Å²) in [5.41, 5.74) is 2.41. The van der Waals surface area contributed by atoms with Crippen LogP contribution in [0.3, 0.4) is 0 Å². The fraction of sp³-hybridized carbons (Fsp3) is 0.579. The molecule has 0 saturated carbocycles. The summed E-state index contributed by atoms with van der Waals surface area (Å²) in [5.74, 6) is -0.108. The maximum absolute atomic E-state index is 13.0. The average molecular weight is 330 g/mol. The Labute approximate surface area is 143 Å². The van der Waals surface area contributed by atoms with E-state index >= 15 is 0 Å². The topological polar surface area (TPSA) is 49.9 Å². The Bertz CT molecular complexity index is 608. The van der Waals surface area contributed by atoms with Crippen molar-refractivity contribution in [1.82, 2.24) is 9.80 Å². The first-order chi connectivity index (χ1) is 11.5. The quantitative estimate of drug-likeness (QED) is 0.792. The van der Waals surface area contributed by atoms with Gasteiger partial charge in [-0.05, 0) is 44.2 Å². The molecule has 130 valence electrons. The molecule has 3 rings (SSSR count). The van der Waals surface area contributed by atoms with Crippen LogP contribution in [-0.4, -0.2) is 53.5 Å². The molecule has 1 aromatic carbocycles. The van der Waals surface area contributed by atoms with Crippen LogP contribution in [0, 0.1) is 0 Å². The zero-order chi connectivity index (χ0) is 17.1. The Kier molecular flexibility index (Phi) is 5.19. The van der Waals surface area contributed by atoms with Crippen molar-refractivity contribution >= 4 is 11.9 Å². The lowest BCUT2D eigenvalue weighted by Gasteiger charge is -2.37. The van der Waals surface area contributed by atoms with Gasteiger partial charge >= 0.3 is 5.97 Å². The van der Waals surface area contributed by atoms with Gasteiger partial charge < -0.3 is 9.64 Å². The predicted octanol–water partition coefficient (Wildman–Crippen LogP) is 1.99. The predicted molar refractivity (Wildman–Crippen MR) is 91.4 cm³/mol. The largest absolute Gasteiger partial charge is 0.462 e. The molecule has 1 amide bonds. The number of hydrogen-bond acceptors (Lipinski definition) is 4. The van der Waals surface area contributed by atoms with Gasteiger partial charge in [0.2, 0.25) is 5.91 Å². The van der Waals surface area contributed by atoms with Crippen molar-refractivity contribution in [3.63, 3.8) is 0 Å². The van der Waals surface area contributed by atoms with Gasteiger partial charge in [0.1, 0.15) is 0 Å². The van der Waals surface area contributed by atoms with E-state index in [0.717, 1.165) is 25.9 Å². The molecule has 1 atom stereocenters. The lowest BCUT2D eigenvalue weighted by Crippen LogP contribution is -2.52. The minimum Gasteiger partial charge on any atom is -0.462 e. The standard InChI is InChI=1S/C19H26N2O3/c1-14(2)24-18(22)13-21-12-16-8-4-3-7-15(16)11-17(21)19(23)20-9-5-6-10-20/h3-4,7-8,14,17H,5-6,9-13H2,1-2H3/t17-/m1/s1. The second-order valence-corrected chi connectivity index (χ2v) is 6.96. The third-order valence-corrected chi connectivity index (χ3v) is 4.75. The van der Waals surface area contributed by atoms with E-state index in [2.05, 4.69) is 12.1 Å². The van der Waals surface area contributed by atoms with E-state index in [4.69, 9.17) is 4.74 Å². The maximum Gasteiger partial charge on any atom is 0.320 e. The summed E-state index contributed by atoms with van der Waals surface area (Å²) >= 11 is 0. The van der Waals surface area contributed by atoms with Gasteiger partial charge in [0.15, 0.2) is 0 Å². The van der Waals surface area contributed by atoms with E-state index < -0.39 is 0 Å². The van der Waals surface area contributed by atoms with Crippen molar-refractivity contribution in [2.75, 3.05) is 19.6 Å². The molecule has 0 unspecified atom stereocenters. The SMILES string of the molecule is CC(C)OC(=O)CN1Cc2ccccc2C[C@@H]1C(=O)N1CCCC1. The summed E-state index contributed by atoms with van der Waals surface area (Å²) in [6.45, 7) is 6.14. The smallest absolute Gasteiger partial charge is 0.320 e. The molecule has 0 bridgehead atoms. The molecule has 2 aliphatic heterocycles. The Morgan fingerprint density at radius 2 is 1.83 bits per heavy atom. The van der Waals surface area contributed by atoms with Gasteiger partial charge in [-0.15, -0.1) is 0 Å². The summed E-state index contributed by atoms with van der Waals surface area (Å²) in [6, 6.07) is 7.92. The molecule has 2 heterocycles.